The van der Waals surface area contributed by atoms with Gasteiger partial charge in [-0.25, -0.2) is 0 Å². The average molecular weight is 447 g/mol. The van der Waals surface area contributed by atoms with Crippen LogP contribution in [-0.2, 0) is 18.9 Å². The van der Waals surface area contributed by atoms with Gasteiger partial charge in [-0.2, -0.15) is 26.3 Å². The van der Waals surface area contributed by atoms with Crippen molar-refractivity contribution < 1.29 is 35.9 Å². The molecule has 170 valence electrons. The minimum atomic E-state index is -4.95. The van der Waals surface area contributed by atoms with Crippen LogP contribution >= 0.6 is 0 Å². The van der Waals surface area contributed by atoms with Crippen LogP contribution in [-0.4, -0.2) is 12.5 Å². The fourth-order valence-electron chi connectivity index (χ4n) is 2.89. The molecular formula is C22H23F6NO2. The van der Waals surface area contributed by atoms with Crippen molar-refractivity contribution in [3.8, 4) is 5.75 Å². The number of unbranched alkanes of at least 4 members (excludes halogenated alkanes) is 3. The molecule has 1 N–H and O–H groups in total. The molecule has 0 radical (unpaired) electrons. The maximum absolute atomic E-state index is 13.0. The molecule has 1 amide bonds. The second-order valence-electron chi connectivity index (χ2n) is 7.00. The van der Waals surface area contributed by atoms with E-state index in [0.29, 0.717) is 24.5 Å². The highest BCUT2D eigenvalue weighted by Gasteiger charge is 2.36. The molecule has 0 unspecified atom stereocenters. The summed E-state index contributed by atoms with van der Waals surface area (Å²) in [5, 5.41) is 2.37. The molecule has 0 saturated carbocycles. The molecule has 0 atom stereocenters. The minimum absolute atomic E-state index is 0.0486. The predicted octanol–water partition coefficient (Wildman–Crippen LogP) is 6.61. The summed E-state index contributed by atoms with van der Waals surface area (Å²) in [6, 6.07) is 7.54. The number of amides is 1. The van der Waals surface area contributed by atoms with E-state index in [9.17, 15) is 31.1 Å². The Bertz CT molecular complexity index is 845. The largest absolute Gasteiger partial charge is 0.493 e. The zero-order valence-corrected chi connectivity index (χ0v) is 16.9. The van der Waals surface area contributed by atoms with Gasteiger partial charge >= 0.3 is 12.4 Å². The number of hydrogen-bond donors (Lipinski definition) is 1. The van der Waals surface area contributed by atoms with Crippen LogP contribution < -0.4 is 10.1 Å². The summed E-state index contributed by atoms with van der Waals surface area (Å²) >= 11 is 0. The summed E-state index contributed by atoms with van der Waals surface area (Å²) < 4.78 is 83.5. The van der Waals surface area contributed by atoms with E-state index in [1.54, 1.807) is 18.2 Å². The molecule has 0 aromatic heterocycles. The molecule has 0 aliphatic heterocycles. The second-order valence-corrected chi connectivity index (χ2v) is 7.00. The van der Waals surface area contributed by atoms with Crippen molar-refractivity contribution in [3.63, 3.8) is 0 Å². The molecule has 0 aliphatic rings. The monoisotopic (exact) mass is 447 g/mol. The van der Waals surface area contributed by atoms with Gasteiger partial charge in [-0.15, -0.1) is 0 Å². The van der Waals surface area contributed by atoms with E-state index in [2.05, 4.69) is 12.2 Å². The zero-order valence-electron chi connectivity index (χ0n) is 16.9. The topological polar surface area (TPSA) is 38.3 Å². The molecular weight excluding hydrogens is 424 g/mol. The van der Waals surface area contributed by atoms with Crippen molar-refractivity contribution in [2.24, 2.45) is 0 Å². The van der Waals surface area contributed by atoms with Gasteiger partial charge in [-0.05, 0) is 42.3 Å². The van der Waals surface area contributed by atoms with Gasteiger partial charge in [0.2, 0.25) is 0 Å². The molecule has 2 rings (SSSR count). The lowest BCUT2D eigenvalue weighted by atomic mass is 10.0. The quantitative estimate of drug-likeness (QED) is 0.347. The smallest absolute Gasteiger partial charge is 0.416 e. The van der Waals surface area contributed by atoms with Gasteiger partial charge < -0.3 is 10.1 Å². The van der Waals surface area contributed by atoms with Crippen LogP contribution in [0.1, 0.15) is 59.7 Å². The van der Waals surface area contributed by atoms with Gasteiger partial charge in [-0.1, -0.05) is 38.3 Å². The minimum Gasteiger partial charge on any atom is -0.493 e. The summed E-state index contributed by atoms with van der Waals surface area (Å²) in [5.41, 5.74) is -3.01. The van der Waals surface area contributed by atoms with Crippen LogP contribution in [0.25, 0.3) is 0 Å². The van der Waals surface area contributed by atoms with E-state index in [-0.39, 0.29) is 17.2 Å². The van der Waals surface area contributed by atoms with E-state index >= 15 is 0 Å². The number of rotatable bonds is 9. The molecule has 0 fully saturated rings. The summed E-state index contributed by atoms with van der Waals surface area (Å²) in [6.07, 6.45) is -6.00. The number of benzene rings is 2. The van der Waals surface area contributed by atoms with Crippen LogP contribution in [0.4, 0.5) is 26.3 Å². The average Bonchev–Trinajstić information content (AvgIpc) is 2.70. The van der Waals surface area contributed by atoms with Crippen molar-refractivity contribution in [1.29, 1.82) is 0 Å². The maximum atomic E-state index is 13.0. The fraction of sp³-hybridized carbons (Fsp3) is 0.409. The highest BCUT2D eigenvalue weighted by molar-refractivity contribution is 5.96. The van der Waals surface area contributed by atoms with Gasteiger partial charge in [0.15, 0.2) is 0 Å². The summed E-state index contributed by atoms with van der Waals surface area (Å²) in [4.78, 5) is 12.5. The Morgan fingerprint density at radius 1 is 0.903 bits per heavy atom. The fourth-order valence-corrected chi connectivity index (χ4v) is 2.89. The number of halogens is 6. The number of para-hydroxylation sites is 1. The Kier molecular flexibility index (Phi) is 8.36. The number of alkyl halides is 6. The highest BCUT2D eigenvalue weighted by atomic mass is 19.4. The van der Waals surface area contributed by atoms with Crippen molar-refractivity contribution in [2.75, 3.05) is 6.61 Å². The third-order valence-corrected chi connectivity index (χ3v) is 4.49. The Morgan fingerprint density at radius 2 is 1.52 bits per heavy atom. The van der Waals surface area contributed by atoms with Gasteiger partial charge in [0.05, 0.1) is 23.3 Å². The predicted molar refractivity (Wildman–Crippen MR) is 104 cm³/mol. The van der Waals surface area contributed by atoms with E-state index in [0.717, 1.165) is 25.7 Å². The standard InChI is InChI=1S/C22H23F6NO2/c1-2-3-4-7-10-31-19-9-6-5-8-18(19)20(30)29-14-15-11-16(21(23,24)25)13-17(12-15)22(26,27)28/h5-6,8-9,11-13H,2-4,7,10,14H2,1H3,(H,29,30). The molecule has 31 heavy (non-hydrogen) atoms. The van der Waals surface area contributed by atoms with Gasteiger partial charge in [0.1, 0.15) is 5.75 Å². The van der Waals surface area contributed by atoms with Crippen molar-refractivity contribution >= 4 is 5.91 Å². The second kappa shape index (κ2) is 10.5. The van der Waals surface area contributed by atoms with Gasteiger partial charge in [0.25, 0.3) is 5.91 Å². The number of ether oxygens (including phenoxy) is 1. The first-order valence-electron chi connectivity index (χ1n) is 9.80. The van der Waals surface area contributed by atoms with E-state index in [1.807, 2.05) is 0 Å². The van der Waals surface area contributed by atoms with Crippen LogP contribution in [0.15, 0.2) is 42.5 Å². The lowest BCUT2D eigenvalue weighted by molar-refractivity contribution is -0.143. The van der Waals surface area contributed by atoms with E-state index in [1.165, 1.54) is 6.07 Å². The van der Waals surface area contributed by atoms with E-state index < -0.39 is 35.9 Å². The number of hydrogen-bond acceptors (Lipinski definition) is 2. The first-order chi connectivity index (χ1) is 14.5. The Hall–Kier alpha value is -2.71. The molecule has 0 saturated heterocycles. The van der Waals surface area contributed by atoms with Crippen LogP contribution in [0.3, 0.4) is 0 Å². The third-order valence-electron chi connectivity index (χ3n) is 4.49. The first-order valence-corrected chi connectivity index (χ1v) is 9.80. The maximum Gasteiger partial charge on any atom is 0.416 e. The van der Waals surface area contributed by atoms with Crippen molar-refractivity contribution in [3.05, 3.63) is 64.7 Å². The number of nitrogens with one attached hydrogen (secondary N) is 1. The lowest BCUT2D eigenvalue weighted by Gasteiger charge is -2.15. The van der Waals surface area contributed by atoms with E-state index in [4.69, 9.17) is 4.74 Å². The molecule has 0 spiro atoms. The summed E-state index contributed by atoms with van der Waals surface area (Å²) in [5.74, 6) is -0.355. The van der Waals surface area contributed by atoms with Gasteiger partial charge in [0, 0.05) is 6.54 Å². The number of carbonyl (C=O) groups is 1. The SMILES string of the molecule is CCCCCCOc1ccccc1C(=O)NCc1cc(C(F)(F)F)cc(C(F)(F)F)c1. The molecule has 2 aromatic carbocycles. The van der Waals surface area contributed by atoms with Gasteiger partial charge in [-0.3, -0.25) is 4.79 Å². The summed E-state index contributed by atoms with van der Waals surface area (Å²) in [7, 11) is 0. The zero-order chi connectivity index (χ0) is 23.1. The molecule has 9 heteroatoms. The molecule has 2 aromatic rings. The Labute approximate surface area is 176 Å². The van der Waals surface area contributed by atoms with Crippen LogP contribution in [0, 0.1) is 0 Å². The first kappa shape index (κ1) is 24.6. The van der Waals surface area contributed by atoms with Crippen LogP contribution in [0.5, 0.6) is 5.75 Å². The molecule has 0 aliphatic carbocycles. The number of carbonyl (C=O) groups excluding carboxylic acids is 1. The lowest BCUT2D eigenvalue weighted by Crippen LogP contribution is -2.24. The Morgan fingerprint density at radius 3 is 2.10 bits per heavy atom. The summed E-state index contributed by atoms with van der Waals surface area (Å²) in [6.45, 7) is 1.96. The van der Waals surface area contributed by atoms with Crippen molar-refractivity contribution in [2.45, 2.75) is 51.5 Å². The van der Waals surface area contributed by atoms with Crippen molar-refractivity contribution in [1.82, 2.24) is 5.32 Å². The third kappa shape index (κ3) is 7.48. The van der Waals surface area contributed by atoms with Crippen LogP contribution in [0.2, 0.25) is 0 Å². The molecule has 0 heterocycles. The molecule has 0 bridgehead atoms. The Balaban J connectivity index is 2.12. The molecule has 3 nitrogen and oxygen atoms in total. The normalized spacial score (nSPS) is 12.0. The highest BCUT2D eigenvalue weighted by Crippen LogP contribution is 2.36.